The number of ether oxygens (including phenoxy) is 1. The van der Waals surface area contributed by atoms with E-state index >= 15 is 0 Å². The molecule has 1 aromatic heterocycles. The highest BCUT2D eigenvalue weighted by atomic mass is 16.5. The van der Waals surface area contributed by atoms with Crippen LogP contribution in [-0.2, 0) is 22.4 Å². The summed E-state index contributed by atoms with van der Waals surface area (Å²) < 4.78 is 10.4. The van der Waals surface area contributed by atoms with E-state index in [9.17, 15) is 9.59 Å². The van der Waals surface area contributed by atoms with Crippen LogP contribution in [0, 0.1) is 13.8 Å². The Bertz CT molecular complexity index is 821. The van der Waals surface area contributed by atoms with E-state index in [0.29, 0.717) is 17.1 Å². The molecule has 1 atom stereocenters. The average molecular weight is 355 g/mol. The summed E-state index contributed by atoms with van der Waals surface area (Å²) in [6.07, 6.45) is 4.71. The monoisotopic (exact) mass is 355 g/mol. The number of amides is 1. The van der Waals surface area contributed by atoms with Crippen LogP contribution in [0.3, 0.4) is 0 Å². The minimum absolute atomic E-state index is 0.133. The third-order valence-corrected chi connectivity index (χ3v) is 4.85. The van der Waals surface area contributed by atoms with Crippen molar-refractivity contribution >= 4 is 11.9 Å². The molecule has 0 aliphatic heterocycles. The van der Waals surface area contributed by atoms with Crippen molar-refractivity contribution in [3.8, 4) is 0 Å². The van der Waals surface area contributed by atoms with E-state index in [0.717, 1.165) is 18.4 Å². The van der Waals surface area contributed by atoms with Gasteiger partial charge in [-0.3, -0.25) is 4.79 Å². The highest BCUT2D eigenvalue weighted by Gasteiger charge is 2.18. The van der Waals surface area contributed by atoms with Gasteiger partial charge in [0.2, 0.25) is 0 Å². The van der Waals surface area contributed by atoms with E-state index in [1.54, 1.807) is 19.9 Å². The van der Waals surface area contributed by atoms with Crippen LogP contribution in [0.25, 0.3) is 0 Å². The molecule has 0 fully saturated rings. The van der Waals surface area contributed by atoms with Crippen molar-refractivity contribution in [1.82, 2.24) is 5.32 Å². The number of aryl methyl sites for hydroxylation is 4. The number of furan rings is 1. The van der Waals surface area contributed by atoms with Gasteiger partial charge in [0.25, 0.3) is 5.91 Å². The van der Waals surface area contributed by atoms with Gasteiger partial charge in [0.15, 0.2) is 6.61 Å². The maximum atomic E-state index is 12.1. The van der Waals surface area contributed by atoms with Gasteiger partial charge >= 0.3 is 5.97 Å². The van der Waals surface area contributed by atoms with Gasteiger partial charge in [0, 0.05) is 0 Å². The molecule has 1 heterocycles. The Kier molecular flexibility index (Phi) is 5.45. The Morgan fingerprint density at radius 2 is 1.88 bits per heavy atom. The second-order valence-electron chi connectivity index (χ2n) is 6.93. The third-order valence-electron chi connectivity index (χ3n) is 4.85. The molecule has 0 spiro atoms. The first-order valence-electron chi connectivity index (χ1n) is 9.09. The van der Waals surface area contributed by atoms with Crippen LogP contribution in [0.4, 0.5) is 0 Å². The zero-order chi connectivity index (χ0) is 18.7. The van der Waals surface area contributed by atoms with Crippen LogP contribution in [0.15, 0.2) is 28.7 Å². The molecular formula is C21H25NO4. The number of carbonyl (C=O) groups is 2. The number of carbonyl (C=O) groups excluding carboxylic acids is 2. The molecule has 1 amide bonds. The van der Waals surface area contributed by atoms with Gasteiger partial charge in [-0.15, -0.1) is 0 Å². The van der Waals surface area contributed by atoms with Crippen molar-refractivity contribution in [2.24, 2.45) is 0 Å². The van der Waals surface area contributed by atoms with Crippen LogP contribution < -0.4 is 5.32 Å². The topological polar surface area (TPSA) is 68.5 Å². The van der Waals surface area contributed by atoms with E-state index in [1.165, 1.54) is 24.0 Å². The largest absolute Gasteiger partial charge is 0.466 e. The standard InChI is InChI=1S/C21H25NO4/c1-13-10-19(15(3)26-13)21(24)25-12-20(23)22-14(2)17-9-8-16-6-4-5-7-18(16)11-17/h8-11,14H,4-7,12H2,1-3H3,(H,22,23)/t14-/m1/s1. The van der Waals surface area contributed by atoms with Gasteiger partial charge in [-0.1, -0.05) is 18.2 Å². The molecule has 3 rings (SSSR count). The number of hydrogen-bond donors (Lipinski definition) is 1. The molecule has 0 bridgehead atoms. The number of rotatable bonds is 5. The van der Waals surface area contributed by atoms with Gasteiger partial charge in [-0.2, -0.15) is 0 Å². The average Bonchev–Trinajstić information content (AvgIpc) is 2.97. The number of benzene rings is 1. The number of esters is 1. The van der Waals surface area contributed by atoms with Gasteiger partial charge in [0.1, 0.15) is 17.1 Å². The summed E-state index contributed by atoms with van der Waals surface area (Å²) in [5, 5.41) is 2.89. The molecule has 0 saturated heterocycles. The first-order valence-corrected chi connectivity index (χ1v) is 9.09. The first kappa shape index (κ1) is 18.2. The Hall–Kier alpha value is -2.56. The summed E-state index contributed by atoms with van der Waals surface area (Å²) in [6.45, 7) is 5.09. The van der Waals surface area contributed by atoms with E-state index < -0.39 is 5.97 Å². The fourth-order valence-corrected chi connectivity index (χ4v) is 3.43. The highest BCUT2D eigenvalue weighted by Crippen LogP contribution is 2.24. The number of hydrogen-bond acceptors (Lipinski definition) is 4. The smallest absolute Gasteiger partial charge is 0.342 e. The Morgan fingerprint density at radius 1 is 1.15 bits per heavy atom. The fraction of sp³-hybridized carbons (Fsp3) is 0.429. The lowest BCUT2D eigenvalue weighted by atomic mass is 9.89. The van der Waals surface area contributed by atoms with Crippen LogP contribution in [-0.4, -0.2) is 18.5 Å². The van der Waals surface area contributed by atoms with E-state index in [1.807, 2.05) is 6.92 Å². The number of fused-ring (bicyclic) bond motifs is 1. The Labute approximate surface area is 153 Å². The molecule has 0 saturated carbocycles. The summed E-state index contributed by atoms with van der Waals surface area (Å²) in [6, 6.07) is 7.90. The summed E-state index contributed by atoms with van der Waals surface area (Å²) in [7, 11) is 0. The molecule has 138 valence electrons. The SMILES string of the molecule is Cc1cc(C(=O)OCC(=O)N[C@H](C)c2ccc3c(c2)CCCC3)c(C)o1. The van der Waals surface area contributed by atoms with Crippen molar-refractivity contribution < 1.29 is 18.7 Å². The predicted octanol–water partition coefficient (Wildman–Crippen LogP) is 3.81. The summed E-state index contributed by atoms with van der Waals surface area (Å²) in [4.78, 5) is 24.2. The van der Waals surface area contributed by atoms with Crippen LogP contribution in [0.2, 0.25) is 0 Å². The van der Waals surface area contributed by atoms with E-state index in [4.69, 9.17) is 9.15 Å². The lowest BCUT2D eigenvalue weighted by Gasteiger charge is -2.20. The van der Waals surface area contributed by atoms with Crippen molar-refractivity contribution in [3.63, 3.8) is 0 Å². The molecule has 0 radical (unpaired) electrons. The maximum absolute atomic E-state index is 12.1. The van der Waals surface area contributed by atoms with Crippen molar-refractivity contribution in [2.75, 3.05) is 6.61 Å². The molecule has 1 aliphatic carbocycles. The van der Waals surface area contributed by atoms with Gasteiger partial charge < -0.3 is 14.5 Å². The first-order chi connectivity index (χ1) is 12.4. The summed E-state index contributed by atoms with van der Waals surface area (Å²) >= 11 is 0. The Balaban J connectivity index is 1.54. The minimum Gasteiger partial charge on any atom is -0.466 e. The van der Waals surface area contributed by atoms with Crippen LogP contribution in [0.1, 0.15) is 64.4 Å². The summed E-state index contributed by atoms with van der Waals surface area (Å²) in [5.74, 6) is 0.271. The lowest BCUT2D eigenvalue weighted by molar-refractivity contribution is -0.124. The molecule has 1 N–H and O–H groups in total. The molecule has 26 heavy (non-hydrogen) atoms. The van der Waals surface area contributed by atoms with Crippen molar-refractivity contribution in [2.45, 2.75) is 52.5 Å². The van der Waals surface area contributed by atoms with Gasteiger partial charge in [-0.25, -0.2) is 4.79 Å². The molecule has 5 nitrogen and oxygen atoms in total. The van der Waals surface area contributed by atoms with Gasteiger partial charge in [-0.05, 0) is 69.2 Å². The van der Waals surface area contributed by atoms with Crippen LogP contribution >= 0.6 is 0 Å². The van der Waals surface area contributed by atoms with E-state index in [2.05, 4.69) is 23.5 Å². The highest BCUT2D eigenvalue weighted by molar-refractivity contribution is 5.92. The minimum atomic E-state index is -0.545. The van der Waals surface area contributed by atoms with Crippen LogP contribution in [0.5, 0.6) is 0 Å². The van der Waals surface area contributed by atoms with Gasteiger partial charge in [0.05, 0.1) is 6.04 Å². The quantitative estimate of drug-likeness (QED) is 0.828. The normalized spacial score (nSPS) is 14.4. The molecule has 1 aromatic carbocycles. The second-order valence-corrected chi connectivity index (χ2v) is 6.93. The molecule has 1 aliphatic rings. The summed E-state index contributed by atoms with van der Waals surface area (Å²) in [5.41, 5.74) is 4.23. The number of nitrogens with one attached hydrogen (secondary N) is 1. The van der Waals surface area contributed by atoms with Crippen molar-refractivity contribution in [3.05, 3.63) is 58.0 Å². The third kappa shape index (κ3) is 4.15. The lowest BCUT2D eigenvalue weighted by Crippen LogP contribution is -2.31. The van der Waals surface area contributed by atoms with E-state index in [-0.39, 0.29) is 18.6 Å². The molecular weight excluding hydrogens is 330 g/mol. The molecule has 2 aromatic rings. The molecule has 0 unspecified atom stereocenters. The Morgan fingerprint density at radius 3 is 2.58 bits per heavy atom. The zero-order valence-electron chi connectivity index (χ0n) is 15.6. The maximum Gasteiger partial charge on any atom is 0.342 e. The second kappa shape index (κ2) is 7.77. The molecule has 5 heteroatoms. The predicted molar refractivity (Wildman–Crippen MR) is 98.1 cm³/mol. The fourth-order valence-electron chi connectivity index (χ4n) is 3.43. The zero-order valence-corrected chi connectivity index (χ0v) is 15.6. The van der Waals surface area contributed by atoms with Crippen molar-refractivity contribution in [1.29, 1.82) is 0 Å².